The minimum absolute atomic E-state index is 0.0813. The third kappa shape index (κ3) is 6.36. The van der Waals surface area contributed by atoms with Gasteiger partial charge in [-0.25, -0.2) is 9.78 Å². The second kappa shape index (κ2) is 11.6. The molecule has 0 radical (unpaired) electrons. The van der Waals surface area contributed by atoms with Gasteiger partial charge in [0.05, 0.1) is 25.0 Å². The third-order valence-electron chi connectivity index (χ3n) is 6.85. The van der Waals surface area contributed by atoms with Crippen molar-refractivity contribution in [1.82, 2.24) is 9.55 Å². The normalized spacial score (nSPS) is 12.3. The maximum Gasteiger partial charge on any atom is 0.338 e. The summed E-state index contributed by atoms with van der Waals surface area (Å²) >= 11 is 6.64. The molecule has 36 heavy (non-hydrogen) atoms. The summed E-state index contributed by atoms with van der Waals surface area (Å²) in [7, 11) is -0.588. The SMILES string of the molecule is CCC=Cc1nc(Cl)c(CO[Si](C)(C)C(C)(C)C)n1Cc1ccc(-c2ccccc2)c(C(=O)OC)c1. The van der Waals surface area contributed by atoms with E-state index in [0.29, 0.717) is 23.9 Å². The van der Waals surface area contributed by atoms with Gasteiger partial charge in [-0.1, -0.05) is 87.8 Å². The van der Waals surface area contributed by atoms with Crippen molar-refractivity contribution in [3.05, 3.63) is 82.4 Å². The Kier molecular flexibility index (Phi) is 8.98. The van der Waals surface area contributed by atoms with Gasteiger partial charge in [-0.05, 0) is 53.4 Å². The molecule has 0 atom stereocenters. The number of imidazole rings is 1. The Bertz CT molecular complexity index is 1230. The van der Waals surface area contributed by atoms with Crippen LogP contribution < -0.4 is 0 Å². The quantitative estimate of drug-likeness (QED) is 0.210. The largest absolute Gasteiger partial charge is 0.465 e. The number of halogens is 1. The summed E-state index contributed by atoms with van der Waals surface area (Å²) in [5.74, 6) is 0.398. The lowest BCUT2D eigenvalue weighted by Crippen LogP contribution is -2.40. The molecule has 0 bridgehead atoms. The van der Waals surface area contributed by atoms with E-state index < -0.39 is 8.32 Å². The zero-order valence-corrected chi connectivity index (χ0v) is 24.1. The van der Waals surface area contributed by atoms with Gasteiger partial charge < -0.3 is 13.7 Å². The van der Waals surface area contributed by atoms with Gasteiger partial charge >= 0.3 is 5.97 Å². The standard InChI is InChI=1S/C29H37ClN2O3Si/c1-8-9-15-26-31-27(30)25(20-35-36(6,7)29(2,3)4)32(26)19-21-16-17-23(22-13-11-10-12-14-22)24(18-21)28(33)34-5/h9-18H,8,19-20H2,1-7H3. The molecule has 1 heterocycles. The molecule has 0 aliphatic carbocycles. The van der Waals surface area contributed by atoms with Crippen molar-refractivity contribution in [2.75, 3.05) is 7.11 Å². The number of hydrogen-bond acceptors (Lipinski definition) is 4. The third-order valence-corrected chi connectivity index (χ3v) is 11.6. The van der Waals surface area contributed by atoms with E-state index in [2.05, 4.69) is 56.4 Å². The van der Waals surface area contributed by atoms with Crippen LogP contribution in [0.2, 0.25) is 23.3 Å². The number of ether oxygens (including phenoxy) is 1. The van der Waals surface area contributed by atoms with E-state index in [4.69, 9.17) is 20.8 Å². The number of esters is 1. The van der Waals surface area contributed by atoms with Gasteiger partial charge in [-0.2, -0.15) is 0 Å². The molecule has 3 aromatic rings. The lowest BCUT2D eigenvalue weighted by Gasteiger charge is -2.36. The molecule has 0 amide bonds. The molecular formula is C29H37ClN2O3Si. The second-order valence-corrected chi connectivity index (χ2v) is 15.6. The van der Waals surface area contributed by atoms with Crippen molar-refractivity contribution >= 4 is 32.0 Å². The van der Waals surface area contributed by atoms with Crippen LogP contribution in [0.4, 0.5) is 0 Å². The predicted molar refractivity (Wildman–Crippen MR) is 151 cm³/mol. The maximum atomic E-state index is 12.7. The number of nitrogens with zero attached hydrogens (tertiary/aromatic N) is 2. The summed E-state index contributed by atoms with van der Waals surface area (Å²) in [4.78, 5) is 17.3. The van der Waals surface area contributed by atoms with E-state index in [0.717, 1.165) is 34.6 Å². The lowest BCUT2D eigenvalue weighted by atomic mass is 9.97. The molecule has 0 unspecified atom stereocenters. The van der Waals surface area contributed by atoms with E-state index in [-0.39, 0.29) is 11.0 Å². The van der Waals surface area contributed by atoms with Crippen LogP contribution in [-0.2, 0) is 22.3 Å². The van der Waals surface area contributed by atoms with Crippen molar-refractivity contribution < 1.29 is 14.0 Å². The predicted octanol–water partition coefficient (Wildman–Crippen LogP) is 7.98. The zero-order valence-electron chi connectivity index (χ0n) is 22.4. The van der Waals surface area contributed by atoms with Gasteiger partial charge in [0.25, 0.3) is 0 Å². The number of benzene rings is 2. The molecule has 192 valence electrons. The van der Waals surface area contributed by atoms with Crippen LogP contribution in [0.3, 0.4) is 0 Å². The minimum atomic E-state index is -1.99. The van der Waals surface area contributed by atoms with Crippen LogP contribution in [0.15, 0.2) is 54.6 Å². The monoisotopic (exact) mass is 524 g/mol. The molecule has 5 nitrogen and oxygen atoms in total. The first-order chi connectivity index (χ1) is 17.0. The van der Waals surface area contributed by atoms with Crippen LogP contribution in [0.25, 0.3) is 17.2 Å². The topological polar surface area (TPSA) is 53.4 Å². The van der Waals surface area contributed by atoms with Crippen molar-refractivity contribution in [2.45, 2.75) is 65.4 Å². The number of allylic oxidation sites excluding steroid dienone is 1. The Morgan fingerprint density at radius 3 is 2.44 bits per heavy atom. The molecule has 0 saturated carbocycles. The van der Waals surface area contributed by atoms with Crippen LogP contribution >= 0.6 is 11.6 Å². The van der Waals surface area contributed by atoms with Gasteiger partial charge in [-0.3, -0.25) is 0 Å². The first-order valence-electron chi connectivity index (χ1n) is 12.3. The molecule has 2 aromatic carbocycles. The second-order valence-electron chi connectivity index (χ2n) is 10.4. The van der Waals surface area contributed by atoms with E-state index in [1.54, 1.807) is 0 Å². The number of carbonyl (C=O) groups is 1. The number of rotatable bonds is 9. The van der Waals surface area contributed by atoms with E-state index >= 15 is 0 Å². The van der Waals surface area contributed by atoms with E-state index in [1.165, 1.54) is 7.11 Å². The van der Waals surface area contributed by atoms with Gasteiger partial charge in [0.1, 0.15) is 5.82 Å². The zero-order chi connectivity index (χ0) is 26.5. The molecular weight excluding hydrogens is 488 g/mol. The van der Waals surface area contributed by atoms with Crippen molar-refractivity contribution in [3.63, 3.8) is 0 Å². The fourth-order valence-electron chi connectivity index (χ4n) is 3.63. The van der Waals surface area contributed by atoms with Crippen molar-refractivity contribution in [3.8, 4) is 11.1 Å². The molecule has 0 aliphatic heterocycles. The lowest BCUT2D eigenvalue weighted by molar-refractivity contribution is 0.0601. The Morgan fingerprint density at radius 2 is 1.83 bits per heavy atom. The highest BCUT2D eigenvalue weighted by atomic mass is 35.5. The summed E-state index contributed by atoms with van der Waals surface area (Å²) in [6.07, 6.45) is 4.94. The van der Waals surface area contributed by atoms with Crippen LogP contribution in [-0.4, -0.2) is 30.9 Å². The molecule has 3 rings (SSSR count). The Labute approximate surface area is 221 Å². The number of aromatic nitrogens is 2. The van der Waals surface area contributed by atoms with Gasteiger partial charge in [0.15, 0.2) is 13.5 Å². The molecule has 0 N–H and O–H groups in total. The average Bonchev–Trinajstić information content (AvgIpc) is 3.14. The summed E-state index contributed by atoms with van der Waals surface area (Å²) in [5.41, 5.74) is 4.11. The summed E-state index contributed by atoms with van der Waals surface area (Å²) in [5, 5.41) is 0.524. The Morgan fingerprint density at radius 1 is 1.14 bits per heavy atom. The van der Waals surface area contributed by atoms with Crippen LogP contribution in [0.5, 0.6) is 0 Å². The smallest absolute Gasteiger partial charge is 0.338 e. The number of carbonyl (C=O) groups excluding carboxylic acids is 1. The molecule has 0 saturated heterocycles. The molecule has 1 aromatic heterocycles. The van der Waals surface area contributed by atoms with Crippen LogP contribution in [0.1, 0.15) is 61.6 Å². The van der Waals surface area contributed by atoms with E-state index in [1.807, 2.05) is 54.6 Å². The number of methoxy groups -OCH3 is 1. The maximum absolute atomic E-state index is 12.7. The first kappa shape index (κ1) is 27.9. The molecule has 0 fully saturated rings. The van der Waals surface area contributed by atoms with E-state index in [9.17, 15) is 4.79 Å². The highest BCUT2D eigenvalue weighted by molar-refractivity contribution is 6.74. The van der Waals surface area contributed by atoms with Crippen LogP contribution in [0, 0.1) is 0 Å². The fourth-order valence-corrected chi connectivity index (χ4v) is 4.80. The summed E-state index contributed by atoms with van der Waals surface area (Å²) in [6, 6.07) is 15.8. The highest BCUT2D eigenvalue weighted by Gasteiger charge is 2.37. The first-order valence-corrected chi connectivity index (χ1v) is 15.6. The van der Waals surface area contributed by atoms with Gasteiger partial charge in [0, 0.05) is 6.54 Å². The Balaban J connectivity index is 2.03. The van der Waals surface area contributed by atoms with Crippen molar-refractivity contribution in [1.29, 1.82) is 0 Å². The summed E-state index contributed by atoms with van der Waals surface area (Å²) in [6.45, 7) is 14.1. The molecule has 0 spiro atoms. The average molecular weight is 525 g/mol. The minimum Gasteiger partial charge on any atom is -0.465 e. The molecule has 0 aliphatic rings. The van der Waals surface area contributed by atoms with Crippen molar-refractivity contribution in [2.24, 2.45) is 0 Å². The van der Waals surface area contributed by atoms with Gasteiger partial charge in [-0.15, -0.1) is 0 Å². The number of hydrogen-bond donors (Lipinski definition) is 0. The summed E-state index contributed by atoms with van der Waals surface area (Å²) < 4.78 is 13.7. The van der Waals surface area contributed by atoms with Gasteiger partial charge in [0.2, 0.25) is 0 Å². The Hall–Kier alpha value is -2.67. The fraction of sp³-hybridized carbons (Fsp3) is 0.379. The molecule has 7 heteroatoms. The highest BCUT2D eigenvalue weighted by Crippen LogP contribution is 2.37.